The van der Waals surface area contributed by atoms with Crippen LogP contribution in [0.3, 0.4) is 0 Å². The van der Waals surface area contributed by atoms with Crippen molar-refractivity contribution in [2.24, 2.45) is 4.99 Å². The highest BCUT2D eigenvalue weighted by molar-refractivity contribution is 5.79. The van der Waals surface area contributed by atoms with Gasteiger partial charge in [0.15, 0.2) is 0 Å². The fraction of sp³-hybridized carbons (Fsp3) is 0.273. The number of carboxylic acid groups (broad SMARTS) is 1. The van der Waals surface area contributed by atoms with Crippen LogP contribution >= 0.6 is 0 Å². The summed E-state index contributed by atoms with van der Waals surface area (Å²) < 4.78 is 0. The quantitative estimate of drug-likeness (QED) is 0.571. The van der Waals surface area contributed by atoms with Crippen LogP contribution in [0.4, 0.5) is 0 Å². The van der Waals surface area contributed by atoms with Gasteiger partial charge < -0.3 is 5.11 Å². The van der Waals surface area contributed by atoms with Crippen molar-refractivity contribution >= 4 is 12.2 Å². The molecule has 0 aromatic heterocycles. The highest BCUT2D eigenvalue weighted by Crippen LogP contribution is 1.95. The average molecular weight is 191 g/mol. The van der Waals surface area contributed by atoms with E-state index in [-0.39, 0.29) is 6.42 Å². The third kappa shape index (κ3) is 4.40. The lowest BCUT2D eigenvalue weighted by atomic mass is 10.2. The molecule has 1 aromatic rings. The Bertz CT molecular complexity index is 306. The van der Waals surface area contributed by atoms with Crippen molar-refractivity contribution in [2.45, 2.75) is 12.8 Å². The van der Waals surface area contributed by atoms with E-state index in [4.69, 9.17) is 5.11 Å². The zero-order valence-electron chi connectivity index (χ0n) is 7.89. The van der Waals surface area contributed by atoms with E-state index in [9.17, 15) is 4.79 Å². The summed E-state index contributed by atoms with van der Waals surface area (Å²) in [4.78, 5) is 14.3. The molecule has 0 aliphatic heterocycles. The van der Waals surface area contributed by atoms with Crippen LogP contribution in [-0.2, 0) is 4.79 Å². The topological polar surface area (TPSA) is 49.7 Å². The molecule has 14 heavy (non-hydrogen) atoms. The van der Waals surface area contributed by atoms with Gasteiger partial charge in [-0.25, -0.2) is 0 Å². The van der Waals surface area contributed by atoms with Crippen LogP contribution in [0, 0.1) is 0 Å². The molecule has 3 nitrogen and oxygen atoms in total. The maximum atomic E-state index is 10.2. The van der Waals surface area contributed by atoms with Gasteiger partial charge in [-0.15, -0.1) is 0 Å². The van der Waals surface area contributed by atoms with Crippen molar-refractivity contribution in [1.82, 2.24) is 0 Å². The minimum Gasteiger partial charge on any atom is -0.481 e. The molecule has 0 atom stereocenters. The van der Waals surface area contributed by atoms with Gasteiger partial charge in [-0.1, -0.05) is 30.3 Å². The number of carboxylic acids is 1. The molecule has 1 N–H and O–H groups in total. The van der Waals surface area contributed by atoms with Crippen molar-refractivity contribution < 1.29 is 9.90 Å². The maximum absolute atomic E-state index is 10.2. The number of rotatable bonds is 5. The number of hydrogen-bond donors (Lipinski definition) is 1. The number of carbonyl (C=O) groups is 1. The Morgan fingerprint density at radius 3 is 2.71 bits per heavy atom. The largest absolute Gasteiger partial charge is 0.481 e. The Morgan fingerprint density at radius 1 is 1.36 bits per heavy atom. The van der Waals surface area contributed by atoms with Crippen molar-refractivity contribution in [3.05, 3.63) is 35.9 Å². The van der Waals surface area contributed by atoms with Gasteiger partial charge >= 0.3 is 5.97 Å². The lowest BCUT2D eigenvalue weighted by molar-refractivity contribution is -0.137. The molecule has 0 fully saturated rings. The summed E-state index contributed by atoms with van der Waals surface area (Å²) in [5.41, 5.74) is 1.04. The molecular weight excluding hydrogens is 178 g/mol. The summed E-state index contributed by atoms with van der Waals surface area (Å²) in [5.74, 6) is -0.764. The molecule has 0 amide bonds. The first-order valence-corrected chi connectivity index (χ1v) is 4.56. The fourth-order valence-corrected chi connectivity index (χ4v) is 1.03. The van der Waals surface area contributed by atoms with Crippen LogP contribution in [0.2, 0.25) is 0 Å². The van der Waals surface area contributed by atoms with Crippen molar-refractivity contribution in [2.75, 3.05) is 6.54 Å². The Hall–Kier alpha value is -1.64. The first-order chi connectivity index (χ1) is 6.79. The number of nitrogens with zero attached hydrogens (tertiary/aromatic N) is 1. The number of aliphatic carboxylic acids is 1. The zero-order chi connectivity index (χ0) is 10.2. The van der Waals surface area contributed by atoms with Crippen LogP contribution in [0.1, 0.15) is 18.4 Å². The second-order valence-electron chi connectivity index (χ2n) is 2.94. The van der Waals surface area contributed by atoms with E-state index in [0.717, 1.165) is 5.56 Å². The van der Waals surface area contributed by atoms with E-state index in [1.165, 1.54) is 0 Å². The molecule has 0 aliphatic rings. The second kappa shape index (κ2) is 5.91. The Balaban J connectivity index is 2.25. The van der Waals surface area contributed by atoms with E-state index in [2.05, 4.69) is 4.99 Å². The van der Waals surface area contributed by atoms with E-state index in [1.807, 2.05) is 30.3 Å². The molecule has 0 bridgehead atoms. The molecule has 0 unspecified atom stereocenters. The van der Waals surface area contributed by atoms with E-state index >= 15 is 0 Å². The highest BCUT2D eigenvalue weighted by atomic mass is 16.4. The van der Waals surface area contributed by atoms with Gasteiger partial charge in [0, 0.05) is 19.2 Å². The van der Waals surface area contributed by atoms with Crippen molar-refractivity contribution in [3.8, 4) is 0 Å². The van der Waals surface area contributed by atoms with Gasteiger partial charge in [0.25, 0.3) is 0 Å². The van der Waals surface area contributed by atoms with Crippen LogP contribution in [0.15, 0.2) is 35.3 Å². The van der Waals surface area contributed by atoms with Gasteiger partial charge in [-0.05, 0) is 12.0 Å². The summed E-state index contributed by atoms with van der Waals surface area (Å²) in [6.07, 6.45) is 2.55. The third-order valence-corrected chi connectivity index (χ3v) is 1.72. The molecule has 0 heterocycles. The molecule has 1 aromatic carbocycles. The lowest BCUT2D eigenvalue weighted by Crippen LogP contribution is -1.95. The van der Waals surface area contributed by atoms with Crippen LogP contribution in [-0.4, -0.2) is 23.8 Å². The summed E-state index contributed by atoms with van der Waals surface area (Å²) >= 11 is 0. The standard InChI is InChI=1S/C11H13NO2/c13-11(14)7-4-8-12-9-10-5-2-1-3-6-10/h1-3,5-6,9H,4,7-8H2,(H,13,14). The van der Waals surface area contributed by atoms with Gasteiger partial charge in [0.2, 0.25) is 0 Å². The predicted molar refractivity (Wildman–Crippen MR) is 55.8 cm³/mol. The number of benzene rings is 1. The zero-order valence-corrected chi connectivity index (χ0v) is 7.89. The van der Waals surface area contributed by atoms with Crippen LogP contribution in [0.5, 0.6) is 0 Å². The molecule has 1 rings (SSSR count). The molecule has 0 radical (unpaired) electrons. The number of aliphatic imine (C=N–C) groups is 1. The lowest BCUT2D eigenvalue weighted by Gasteiger charge is -1.92. The summed E-state index contributed by atoms with van der Waals surface area (Å²) in [6.45, 7) is 0.571. The molecule has 0 saturated carbocycles. The molecule has 0 spiro atoms. The van der Waals surface area contributed by atoms with Crippen LogP contribution < -0.4 is 0 Å². The average Bonchev–Trinajstić information content (AvgIpc) is 2.18. The second-order valence-corrected chi connectivity index (χ2v) is 2.94. The summed E-state index contributed by atoms with van der Waals surface area (Å²) in [6, 6.07) is 9.75. The van der Waals surface area contributed by atoms with Crippen LogP contribution in [0.25, 0.3) is 0 Å². The van der Waals surface area contributed by atoms with Gasteiger partial charge in [-0.2, -0.15) is 0 Å². The molecule has 3 heteroatoms. The van der Waals surface area contributed by atoms with Gasteiger partial charge in [0.05, 0.1) is 0 Å². The molecule has 0 aliphatic carbocycles. The van der Waals surface area contributed by atoms with E-state index < -0.39 is 5.97 Å². The smallest absolute Gasteiger partial charge is 0.303 e. The maximum Gasteiger partial charge on any atom is 0.303 e. The minimum absolute atomic E-state index is 0.187. The molecule has 0 saturated heterocycles. The normalized spacial score (nSPS) is 10.6. The Morgan fingerprint density at radius 2 is 2.07 bits per heavy atom. The Labute approximate surface area is 83.1 Å². The van der Waals surface area contributed by atoms with Gasteiger partial charge in [-0.3, -0.25) is 9.79 Å². The first kappa shape index (κ1) is 10.4. The van der Waals surface area contributed by atoms with E-state index in [0.29, 0.717) is 13.0 Å². The fourth-order valence-electron chi connectivity index (χ4n) is 1.03. The SMILES string of the molecule is O=C(O)CCCN=Cc1ccccc1. The molecular formula is C11H13NO2. The predicted octanol–water partition coefficient (Wildman–Crippen LogP) is 1.97. The summed E-state index contributed by atoms with van der Waals surface area (Å²) in [7, 11) is 0. The number of hydrogen-bond acceptors (Lipinski definition) is 2. The Kier molecular flexibility index (Phi) is 4.41. The van der Waals surface area contributed by atoms with Crippen molar-refractivity contribution in [3.63, 3.8) is 0 Å². The van der Waals surface area contributed by atoms with Crippen molar-refractivity contribution in [1.29, 1.82) is 0 Å². The van der Waals surface area contributed by atoms with E-state index in [1.54, 1.807) is 6.21 Å². The first-order valence-electron chi connectivity index (χ1n) is 4.56. The van der Waals surface area contributed by atoms with Gasteiger partial charge in [0.1, 0.15) is 0 Å². The molecule has 74 valence electrons. The minimum atomic E-state index is -0.764. The summed E-state index contributed by atoms with van der Waals surface area (Å²) in [5, 5.41) is 8.38. The monoisotopic (exact) mass is 191 g/mol. The highest BCUT2D eigenvalue weighted by Gasteiger charge is 1.93. The third-order valence-electron chi connectivity index (χ3n) is 1.72.